The first-order chi connectivity index (χ1) is 11.1. The summed E-state index contributed by atoms with van der Waals surface area (Å²) in [4.78, 5) is 16.3. The molecule has 3 rings (SSSR count). The lowest BCUT2D eigenvalue weighted by Crippen LogP contribution is -2.06. The van der Waals surface area contributed by atoms with Crippen molar-refractivity contribution in [2.75, 3.05) is 12.4 Å². The molecule has 0 saturated heterocycles. The highest BCUT2D eigenvalue weighted by atomic mass is 35.5. The van der Waals surface area contributed by atoms with Crippen molar-refractivity contribution in [3.63, 3.8) is 0 Å². The molecule has 0 aliphatic heterocycles. The van der Waals surface area contributed by atoms with E-state index in [1.165, 1.54) is 7.11 Å². The molecule has 0 amide bonds. The van der Waals surface area contributed by atoms with Crippen LogP contribution >= 0.6 is 11.6 Å². The lowest BCUT2D eigenvalue weighted by atomic mass is 10.1. The molecule has 0 aliphatic carbocycles. The summed E-state index contributed by atoms with van der Waals surface area (Å²) in [6, 6.07) is 15.0. The van der Waals surface area contributed by atoms with Crippen LogP contribution in [0.5, 0.6) is 0 Å². The first-order valence-corrected chi connectivity index (χ1v) is 7.47. The number of para-hydroxylation sites is 1. The molecule has 1 heterocycles. The van der Waals surface area contributed by atoms with Gasteiger partial charge in [-0.1, -0.05) is 35.9 Å². The molecule has 116 valence electrons. The SMILES string of the molecule is COC(=O)c1cc(Nc2cccc(Cl)c2)c2cccc(C)c2n1. The van der Waals surface area contributed by atoms with Gasteiger partial charge in [0.05, 0.1) is 18.3 Å². The van der Waals surface area contributed by atoms with Gasteiger partial charge in [0, 0.05) is 16.1 Å². The highest BCUT2D eigenvalue weighted by Crippen LogP contribution is 2.29. The molecule has 23 heavy (non-hydrogen) atoms. The minimum atomic E-state index is -0.468. The number of methoxy groups -OCH3 is 1. The van der Waals surface area contributed by atoms with Crippen LogP contribution < -0.4 is 5.32 Å². The molecule has 0 saturated carbocycles. The number of pyridine rings is 1. The van der Waals surface area contributed by atoms with Gasteiger partial charge in [0.2, 0.25) is 0 Å². The molecule has 5 heteroatoms. The van der Waals surface area contributed by atoms with Crippen LogP contribution in [0.2, 0.25) is 5.02 Å². The number of aromatic nitrogens is 1. The summed E-state index contributed by atoms with van der Waals surface area (Å²) in [5, 5.41) is 4.87. The number of halogens is 1. The summed E-state index contributed by atoms with van der Waals surface area (Å²) in [5.41, 5.74) is 3.63. The predicted octanol–water partition coefficient (Wildman–Crippen LogP) is 4.73. The summed E-state index contributed by atoms with van der Waals surface area (Å²) in [5.74, 6) is -0.468. The number of nitrogens with zero attached hydrogens (tertiary/aromatic N) is 1. The summed E-state index contributed by atoms with van der Waals surface area (Å²) >= 11 is 6.03. The van der Waals surface area contributed by atoms with Crippen molar-refractivity contribution in [3.8, 4) is 0 Å². The van der Waals surface area contributed by atoms with Crippen molar-refractivity contribution >= 4 is 39.8 Å². The average Bonchev–Trinajstić information content (AvgIpc) is 2.55. The lowest BCUT2D eigenvalue weighted by molar-refractivity contribution is 0.0594. The van der Waals surface area contributed by atoms with Gasteiger partial charge in [0.1, 0.15) is 0 Å². The number of esters is 1. The lowest BCUT2D eigenvalue weighted by Gasteiger charge is -2.13. The number of hydrogen-bond donors (Lipinski definition) is 1. The number of nitrogens with one attached hydrogen (secondary N) is 1. The third-order valence-corrected chi connectivity index (χ3v) is 3.77. The number of ether oxygens (including phenoxy) is 1. The smallest absolute Gasteiger partial charge is 0.356 e. The van der Waals surface area contributed by atoms with E-state index in [1.807, 2.05) is 43.3 Å². The topological polar surface area (TPSA) is 51.2 Å². The molecule has 0 atom stereocenters. The van der Waals surface area contributed by atoms with Gasteiger partial charge in [-0.2, -0.15) is 0 Å². The Morgan fingerprint density at radius 1 is 1.17 bits per heavy atom. The molecule has 0 radical (unpaired) electrons. The molecule has 0 bridgehead atoms. The number of rotatable bonds is 3. The molecule has 3 aromatic rings. The first kappa shape index (κ1) is 15.3. The van der Waals surface area contributed by atoms with E-state index in [2.05, 4.69) is 10.3 Å². The quantitative estimate of drug-likeness (QED) is 0.707. The van der Waals surface area contributed by atoms with E-state index in [4.69, 9.17) is 16.3 Å². The summed E-state index contributed by atoms with van der Waals surface area (Å²) < 4.78 is 4.80. The molecular weight excluding hydrogens is 312 g/mol. The third-order valence-electron chi connectivity index (χ3n) is 3.54. The van der Waals surface area contributed by atoms with E-state index in [9.17, 15) is 4.79 Å². The van der Waals surface area contributed by atoms with Gasteiger partial charge in [-0.05, 0) is 36.8 Å². The maximum absolute atomic E-state index is 11.9. The standard InChI is InChI=1S/C18H15ClN2O2/c1-11-5-3-8-14-15(20-13-7-4-6-12(19)9-13)10-16(18(22)23-2)21-17(11)14/h3-10H,1-2H3,(H,20,21). The number of aryl methyl sites for hydroxylation is 1. The van der Waals surface area contributed by atoms with E-state index < -0.39 is 5.97 Å². The second kappa shape index (κ2) is 6.26. The van der Waals surface area contributed by atoms with Crippen LogP contribution in [0.25, 0.3) is 10.9 Å². The van der Waals surface area contributed by atoms with E-state index in [0.29, 0.717) is 5.02 Å². The third kappa shape index (κ3) is 3.12. The summed E-state index contributed by atoms with van der Waals surface area (Å²) in [6.45, 7) is 1.96. The minimum absolute atomic E-state index is 0.263. The zero-order valence-electron chi connectivity index (χ0n) is 12.8. The van der Waals surface area contributed by atoms with Crippen molar-refractivity contribution in [1.29, 1.82) is 0 Å². The molecule has 4 nitrogen and oxygen atoms in total. The van der Waals surface area contributed by atoms with E-state index in [1.54, 1.807) is 12.1 Å². The molecule has 0 aliphatic rings. The Morgan fingerprint density at radius 3 is 2.70 bits per heavy atom. The number of anilines is 2. The van der Waals surface area contributed by atoms with Gasteiger partial charge in [-0.15, -0.1) is 0 Å². The van der Waals surface area contributed by atoms with Gasteiger partial charge in [-0.3, -0.25) is 0 Å². The Labute approximate surface area is 139 Å². The van der Waals surface area contributed by atoms with E-state index >= 15 is 0 Å². The molecule has 0 fully saturated rings. The van der Waals surface area contributed by atoms with Gasteiger partial charge in [-0.25, -0.2) is 9.78 Å². The van der Waals surface area contributed by atoms with Crippen molar-refractivity contribution in [3.05, 3.63) is 64.8 Å². The van der Waals surface area contributed by atoms with Gasteiger partial charge in [0.15, 0.2) is 5.69 Å². The van der Waals surface area contributed by atoms with Crippen LogP contribution in [0.15, 0.2) is 48.5 Å². The van der Waals surface area contributed by atoms with Crippen molar-refractivity contribution < 1.29 is 9.53 Å². The predicted molar refractivity (Wildman–Crippen MR) is 92.6 cm³/mol. The van der Waals surface area contributed by atoms with Crippen LogP contribution in [0, 0.1) is 6.92 Å². The van der Waals surface area contributed by atoms with Gasteiger partial charge in [0.25, 0.3) is 0 Å². The largest absolute Gasteiger partial charge is 0.464 e. The van der Waals surface area contributed by atoms with Crippen molar-refractivity contribution in [2.45, 2.75) is 6.92 Å². The number of hydrogen-bond acceptors (Lipinski definition) is 4. The normalized spacial score (nSPS) is 10.6. The van der Waals surface area contributed by atoms with Gasteiger partial charge < -0.3 is 10.1 Å². The fourth-order valence-electron chi connectivity index (χ4n) is 2.43. The number of carbonyl (C=O) groups is 1. The van der Waals surface area contributed by atoms with Crippen LogP contribution in [-0.2, 0) is 4.74 Å². The second-order valence-corrected chi connectivity index (χ2v) is 5.59. The molecule has 0 spiro atoms. The number of carbonyl (C=O) groups excluding carboxylic acids is 1. The highest BCUT2D eigenvalue weighted by molar-refractivity contribution is 6.30. The first-order valence-electron chi connectivity index (χ1n) is 7.10. The Morgan fingerprint density at radius 2 is 1.96 bits per heavy atom. The number of benzene rings is 2. The van der Waals surface area contributed by atoms with Crippen LogP contribution in [0.1, 0.15) is 16.1 Å². The van der Waals surface area contributed by atoms with Gasteiger partial charge >= 0.3 is 5.97 Å². The van der Waals surface area contributed by atoms with Crippen molar-refractivity contribution in [1.82, 2.24) is 4.98 Å². The summed E-state index contributed by atoms with van der Waals surface area (Å²) in [6.07, 6.45) is 0. The molecular formula is C18H15ClN2O2. The zero-order valence-corrected chi connectivity index (χ0v) is 13.5. The Balaban J connectivity index is 2.17. The maximum Gasteiger partial charge on any atom is 0.356 e. The Hall–Kier alpha value is -2.59. The van der Waals surface area contributed by atoms with Crippen LogP contribution in [-0.4, -0.2) is 18.1 Å². The maximum atomic E-state index is 11.9. The van der Waals surface area contributed by atoms with Crippen LogP contribution in [0.3, 0.4) is 0 Å². The molecule has 1 N–H and O–H groups in total. The highest BCUT2D eigenvalue weighted by Gasteiger charge is 2.13. The fraction of sp³-hybridized carbons (Fsp3) is 0.111. The molecule has 2 aromatic carbocycles. The molecule has 0 unspecified atom stereocenters. The fourth-order valence-corrected chi connectivity index (χ4v) is 2.62. The second-order valence-electron chi connectivity index (χ2n) is 5.15. The van der Waals surface area contributed by atoms with E-state index in [0.717, 1.165) is 27.8 Å². The molecule has 1 aromatic heterocycles. The average molecular weight is 327 g/mol. The van der Waals surface area contributed by atoms with E-state index in [-0.39, 0.29) is 5.69 Å². The Kier molecular flexibility index (Phi) is 4.17. The number of fused-ring (bicyclic) bond motifs is 1. The minimum Gasteiger partial charge on any atom is -0.464 e. The monoisotopic (exact) mass is 326 g/mol. The Bertz CT molecular complexity index is 893. The van der Waals surface area contributed by atoms with Crippen LogP contribution in [0.4, 0.5) is 11.4 Å². The van der Waals surface area contributed by atoms with Crippen molar-refractivity contribution in [2.24, 2.45) is 0 Å². The zero-order chi connectivity index (χ0) is 16.4. The summed E-state index contributed by atoms with van der Waals surface area (Å²) in [7, 11) is 1.34.